The molecule has 0 radical (unpaired) electrons. The van der Waals surface area contributed by atoms with Crippen molar-refractivity contribution >= 4 is 17.0 Å². The Morgan fingerprint density at radius 2 is 1.70 bits per heavy atom. The second-order valence-electron chi connectivity index (χ2n) is 7.24. The molecule has 0 atom stereocenters. The molecular formula is C20H25N3O4. The number of aryl methyl sites for hydroxylation is 1. The van der Waals surface area contributed by atoms with Crippen molar-refractivity contribution in [3.05, 3.63) is 45.8 Å². The van der Waals surface area contributed by atoms with Gasteiger partial charge in [0, 0.05) is 57.3 Å². The smallest absolute Gasteiger partial charge is 0.336 e. The first-order valence-electron chi connectivity index (χ1n) is 9.47. The van der Waals surface area contributed by atoms with Crippen LogP contribution in [0.25, 0.3) is 11.0 Å². The number of hydrogen-bond donors (Lipinski definition) is 0. The van der Waals surface area contributed by atoms with E-state index in [-0.39, 0.29) is 11.7 Å². The Bertz CT molecular complexity index is 880. The molecule has 2 saturated heterocycles. The van der Waals surface area contributed by atoms with Crippen LogP contribution in [-0.2, 0) is 11.3 Å². The standard InChI is InChI=1S/C20H25N3O4/c1-15-2-3-17-16(13-19(24)27-18(17)12-15)14-21-4-6-22(7-5-21)20(25)23-8-10-26-11-9-23/h2-3,12-13H,4-11,14H2,1H3. The monoisotopic (exact) mass is 371 g/mol. The molecule has 27 heavy (non-hydrogen) atoms. The van der Waals surface area contributed by atoms with Gasteiger partial charge in [-0.25, -0.2) is 9.59 Å². The minimum absolute atomic E-state index is 0.110. The Morgan fingerprint density at radius 3 is 2.44 bits per heavy atom. The van der Waals surface area contributed by atoms with Gasteiger partial charge in [-0.3, -0.25) is 4.90 Å². The Kier molecular flexibility index (Phi) is 5.13. The molecule has 0 bridgehead atoms. The fourth-order valence-electron chi connectivity index (χ4n) is 3.76. The molecule has 0 aliphatic carbocycles. The third-order valence-corrected chi connectivity index (χ3v) is 5.30. The summed E-state index contributed by atoms with van der Waals surface area (Å²) in [6.45, 7) is 8.25. The largest absolute Gasteiger partial charge is 0.423 e. The van der Waals surface area contributed by atoms with Crippen LogP contribution in [0, 0.1) is 6.92 Å². The van der Waals surface area contributed by atoms with Gasteiger partial charge in [-0.1, -0.05) is 12.1 Å². The number of rotatable bonds is 2. The van der Waals surface area contributed by atoms with E-state index >= 15 is 0 Å². The maximum Gasteiger partial charge on any atom is 0.336 e. The molecule has 2 aromatic rings. The number of benzene rings is 1. The van der Waals surface area contributed by atoms with E-state index < -0.39 is 0 Å². The number of morpholine rings is 1. The predicted octanol–water partition coefficient (Wildman–Crippen LogP) is 1.67. The van der Waals surface area contributed by atoms with Gasteiger partial charge in [0.25, 0.3) is 0 Å². The third kappa shape index (κ3) is 3.99. The fraction of sp³-hybridized carbons (Fsp3) is 0.500. The molecule has 0 saturated carbocycles. The van der Waals surface area contributed by atoms with Gasteiger partial charge in [0.05, 0.1) is 13.2 Å². The number of fused-ring (bicyclic) bond motifs is 1. The van der Waals surface area contributed by atoms with Crippen LogP contribution in [0.5, 0.6) is 0 Å². The second-order valence-corrected chi connectivity index (χ2v) is 7.24. The number of carbonyl (C=O) groups is 1. The Morgan fingerprint density at radius 1 is 1.00 bits per heavy atom. The molecule has 1 aromatic carbocycles. The Hall–Kier alpha value is -2.38. The van der Waals surface area contributed by atoms with Gasteiger partial charge in [0.15, 0.2) is 0 Å². The Labute approximate surface area is 158 Å². The average molecular weight is 371 g/mol. The van der Waals surface area contributed by atoms with Gasteiger partial charge in [0.2, 0.25) is 0 Å². The van der Waals surface area contributed by atoms with Crippen LogP contribution in [0.2, 0.25) is 0 Å². The summed E-state index contributed by atoms with van der Waals surface area (Å²) in [6, 6.07) is 7.65. The molecule has 2 amide bonds. The minimum atomic E-state index is -0.316. The van der Waals surface area contributed by atoms with E-state index in [0.29, 0.717) is 51.5 Å². The van der Waals surface area contributed by atoms with Gasteiger partial charge in [-0.05, 0) is 24.1 Å². The van der Waals surface area contributed by atoms with Crippen molar-refractivity contribution in [2.45, 2.75) is 13.5 Å². The number of carbonyl (C=O) groups excluding carboxylic acids is 1. The SMILES string of the molecule is Cc1ccc2c(CN3CCN(C(=O)N4CCOCC4)CC3)cc(=O)oc2c1. The topological polar surface area (TPSA) is 66.2 Å². The van der Waals surface area contributed by atoms with Crippen LogP contribution in [0.4, 0.5) is 4.79 Å². The molecule has 2 aliphatic heterocycles. The zero-order chi connectivity index (χ0) is 18.8. The van der Waals surface area contributed by atoms with Crippen molar-refractivity contribution in [3.8, 4) is 0 Å². The number of nitrogens with zero attached hydrogens (tertiary/aromatic N) is 3. The highest BCUT2D eigenvalue weighted by atomic mass is 16.5. The van der Waals surface area contributed by atoms with E-state index in [1.165, 1.54) is 0 Å². The summed E-state index contributed by atoms with van der Waals surface area (Å²) >= 11 is 0. The lowest BCUT2D eigenvalue weighted by atomic mass is 10.1. The summed E-state index contributed by atoms with van der Waals surface area (Å²) in [5.41, 5.74) is 2.37. The summed E-state index contributed by atoms with van der Waals surface area (Å²) in [6.07, 6.45) is 0. The molecule has 7 heteroatoms. The van der Waals surface area contributed by atoms with Gasteiger partial charge in [-0.2, -0.15) is 0 Å². The van der Waals surface area contributed by atoms with Crippen LogP contribution in [-0.4, -0.2) is 73.2 Å². The summed E-state index contributed by atoms with van der Waals surface area (Å²) in [7, 11) is 0. The van der Waals surface area contributed by atoms with Crippen molar-refractivity contribution in [2.75, 3.05) is 52.5 Å². The second kappa shape index (κ2) is 7.70. The fourth-order valence-corrected chi connectivity index (χ4v) is 3.76. The predicted molar refractivity (Wildman–Crippen MR) is 102 cm³/mol. The van der Waals surface area contributed by atoms with Crippen LogP contribution < -0.4 is 5.63 Å². The molecule has 2 fully saturated rings. The van der Waals surface area contributed by atoms with Crippen molar-refractivity contribution < 1.29 is 13.9 Å². The minimum Gasteiger partial charge on any atom is -0.423 e. The van der Waals surface area contributed by atoms with Gasteiger partial charge < -0.3 is 19.0 Å². The van der Waals surface area contributed by atoms with Crippen molar-refractivity contribution in [1.82, 2.24) is 14.7 Å². The quantitative estimate of drug-likeness (QED) is 0.752. The van der Waals surface area contributed by atoms with Gasteiger partial charge >= 0.3 is 11.7 Å². The normalized spacial score (nSPS) is 18.9. The highest BCUT2D eigenvalue weighted by Crippen LogP contribution is 2.20. The summed E-state index contributed by atoms with van der Waals surface area (Å²) < 4.78 is 10.7. The van der Waals surface area contributed by atoms with Crippen molar-refractivity contribution in [2.24, 2.45) is 0 Å². The molecule has 4 rings (SSSR count). The molecule has 7 nitrogen and oxygen atoms in total. The number of piperazine rings is 1. The molecule has 1 aromatic heterocycles. The lowest BCUT2D eigenvalue weighted by Gasteiger charge is -2.38. The maximum absolute atomic E-state index is 12.6. The van der Waals surface area contributed by atoms with Crippen LogP contribution in [0.1, 0.15) is 11.1 Å². The van der Waals surface area contributed by atoms with Crippen molar-refractivity contribution in [1.29, 1.82) is 0 Å². The Balaban J connectivity index is 1.41. The number of urea groups is 1. The molecule has 144 valence electrons. The van der Waals surface area contributed by atoms with Crippen LogP contribution >= 0.6 is 0 Å². The van der Waals surface area contributed by atoms with E-state index in [0.717, 1.165) is 29.6 Å². The summed E-state index contributed by atoms with van der Waals surface area (Å²) in [5.74, 6) is 0. The van der Waals surface area contributed by atoms with E-state index in [1.807, 2.05) is 34.9 Å². The summed E-state index contributed by atoms with van der Waals surface area (Å²) in [5, 5.41) is 0.979. The molecule has 2 aliphatic rings. The third-order valence-electron chi connectivity index (χ3n) is 5.30. The lowest BCUT2D eigenvalue weighted by molar-refractivity contribution is 0.0373. The van der Waals surface area contributed by atoms with Gasteiger partial charge in [0.1, 0.15) is 5.58 Å². The highest BCUT2D eigenvalue weighted by molar-refractivity contribution is 5.80. The number of ether oxygens (including phenoxy) is 1. The number of hydrogen-bond acceptors (Lipinski definition) is 5. The van der Waals surface area contributed by atoms with E-state index in [9.17, 15) is 9.59 Å². The molecular weight excluding hydrogens is 346 g/mol. The van der Waals surface area contributed by atoms with E-state index in [4.69, 9.17) is 9.15 Å². The van der Waals surface area contributed by atoms with E-state index in [2.05, 4.69) is 4.90 Å². The lowest BCUT2D eigenvalue weighted by Crippen LogP contribution is -2.54. The van der Waals surface area contributed by atoms with Crippen LogP contribution in [0.3, 0.4) is 0 Å². The molecule has 0 spiro atoms. The highest BCUT2D eigenvalue weighted by Gasteiger charge is 2.26. The first-order valence-corrected chi connectivity index (χ1v) is 9.47. The zero-order valence-corrected chi connectivity index (χ0v) is 15.6. The van der Waals surface area contributed by atoms with Crippen molar-refractivity contribution in [3.63, 3.8) is 0 Å². The number of amides is 2. The molecule has 0 N–H and O–H groups in total. The first kappa shape index (κ1) is 18.0. The zero-order valence-electron chi connectivity index (χ0n) is 15.6. The molecule has 3 heterocycles. The summed E-state index contributed by atoms with van der Waals surface area (Å²) in [4.78, 5) is 30.6. The maximum atomic E-state index is 12.6. The average Bonchev–Trinajstić information content (AvgIpc) is 2.68. The molecule has 0 unspecified atom stereocenters. The van der Waals surface area contributed by atoms with Gasteiger partial charge in [-0.15, -0.1) is 0 Å². The first-order chi connectivity index (χ1) is 13.1. The van der Waals surface area contributed by atoms with Crippen LogP contribution in [0.15, 0.2) is 33.5 Å². The van der Waals surface area contributed by atoms with E-state index in [1.54, 1.807) is 6.07 Å².